The van der Waals surface area contributed by atoms with Crippen molar-refractivity contribution in [2.45, 2.75) is 27.7 Å². The second-order valence-corrected chi connectivity index (χ2v) is 34.0. The molecular weight excluding hydrogens is 1740 g/mol. The summed E-state index contributed by atoms with van der Waals surface area (Å²) in [5.74, 6) is -10.9. The van der Waals surface area contributed by atoms with E-state index in [9.17, 15) is 81.3 Å². The smallest absolute Gasteiger partial charge is 0.339 e. The lowest BCUT2D eigenvalue weighted by molar-refractivity contribution is -0.426. The van der Waals surface area contributed by atoms with Gasteiger partial charge in [-0.25, -0.2) is 56.7 Å². The number of ether oxygens (including phenoxy) is 1. The number of aryl methyl sites for hydroxylation is 4. The lowest BCUT2D eigenvalue weighted by atomic mass is 10.0. The normalized spacial score (nSPS) is 11.0. The van der Waals surface area contributed by atoms with Gasteiger partial charge in [0.25, 0.3) is 29.3 Å². The van der Waals surface area contributed by atoms with Gasteiger partial charge in [0.05, 0.1) is 43.3 Å². The van der Waals surface area contributed by atoms with E-state index in [1.165, 1.54) is 101 Å². The van der Waals surface area contributed by atoms with Crippen LogP contribution in [0.25, 0.3) is 85.4 Å². The van der Waals surface area contributed by atoms with Crippen LogP contribution in [0.2, 0.25) is 10.0 Å². The minimum atomic E-state index is -1.41. The van der Waals surface area contributed by atoms with Gasteiger partial charge in [-0.2, -0.15) is 0 Å². The van der Waals surface area contributed by atoms with Gasteiger partial charge >= 0.3 is 23.9 Å². The number of carbonyl (C=O) groups excluding carboxylic acids is 4. The fraction of sp³-hybridized carbons (Fsp3) is 0.0732. The highest BCUT2D eigenvalue weighted by Crippen LogP contribution is 2.44. The lowest BCUT2D eigenvalue weighted by Crippen LogP contribution is -2.13. The van der Waals surface area contributed by atoms with Crippen LogP contribution in [-0.2, 0) is 0 Å². The second-order valence-electron chi connectivity index (χ2n) is 25.5. The molecule has 0 aliphatic carbocycles. The number of aromatic carboxylic acids is 4. The van der Waals surface area contributed by atoms with Crippen LogP contribution in [0.5, 0.6) is 5.75 Å². The average Bonchev–Trinajstić information content (AvgIpc) is 1.66. The van der Waals surface area contributed by atoms with E-state index >= 15 is 0 Å². The number of hydrogen-bond donors (Lipinski definition) is 8. The summed E-state index contributed by atoms with van der Waals surface area (Å²) >= 11 is 20.6. The molecule has 0 aliphatic heterocycles. The molecule has 0 aliphatic rings. The van der Waals surface area contributed by atoms with Crippen molar-refractivity contribution in [3.05, 3.63) is 270 Å². The fourth-order valence-corrected chi connectivity index (χ4v) is 19.6. The zero-order chi connectivity index (χ0) is 85.1. The molecule has 0 radical (unpaired) electrons. The minimum Gasteiger partial charge on any atom is -0.497 e. The van der Waals surface area contributed by atoms with Gasteiger partial charge < -0.3 is 46.4 Å². The molecule has 23 nitrogen and oxygen atoms in total. The van der Waals surface area contributed by atoms with Crippen LogP contribution in [0.15, 0.2) is 167 Å². The first-order valence-corrected chi connectivity index (χ1v) is 41.9. The molecule has 37 heteroatoms. The second kappa shape index (κ2) is 35.8. The van der Waals surface area contributed by atoms with E-state index in [2.05, 4.69) is 41.2 Å². The SMILES string of the molecule is COc1ccc2nc(C(=O)Nc3scc(-c4ccc(Cl)cc4)c3C(=O)O)sc2c1.Cc1ccc(-c2csc(NC(=O)c3nc4cccc(C)c4s3)c2C(=O)O)c(F)c1F.Cc1ccc(-c2csc(NC(=O)c3nc4cccc([N+](C)=O)c4s3)c2C(=O)O)c(F)c1F.Cc1ccc2nc(C(=O)Nc3scc(-c4ccc(Cl)cc4)c3C(=O)O)sc2c1. The van der Waals surface area contributed by atoms with E-state index in [4.69, 9.17) is 27.9 Å². The maximum absolute atomic E-state index is 14.5. The van der Waals surface area contributed by atoms with Crippen LogP contribution in [0.1, 0.15) is 103 Å². The minimum absolute atomic E-state index is 0.000607. The van der Waals surface area contributed by atoms with Gasteiger partial charge in [0, 0.05) is 80.7 Å². The van der Waals surface area contributed by atoms with Gasteiger partial charge in [-0.15, -0.1) is 90.7 Å². The number of carboxylic acid groups (broad SMARTS) is 4. The van der Waals surface area contributed by atoms with E-state index in [0.717, 1.165) is 76.1 Å². The van der Waals surface area contributed by atoms with Gasteiger partial charge in [-0.1, -0.05) is 96.0 Å². The molecule has 8 aromatic carbocycles. The molecule has 8 N–H and O–H groups in total. The van der Waals surface area contributed by atoms with Gasteiger partial charge in [0.15, 0.2) is 50.3 Å². The van der Waals surface area contributed by atoms with Crippen LogP contribution in [-0.4, -0.2) is 107 Å². The molecular formula is C82H54Cl2F4N9O14S8+. The van der Waals surface area contributed by atoms with Crippen LogP contribution in [0.4, 0.5) is 43.3 Å². The third kappa shape index (κ3) is 18.2. The zero-order valence-electron chi connectivity index (χ0n) is 61.8. The first kappa shape index (κ1) is 84.5. The number of thiophene rings is 4. The molecule has 8 heterocycles. The predicted octanol–water partition coefficient (Wildman–Crippen LogP) is 23.0. The molecule has 16 rings (SSSR count). The van der Waals surface area contributed by atoms with E-state index in [-0.39, 0.29) is 90.7 Å². The number of amides is 4. The third-order valence-corrected chi connectivity index (χ3v) is 26.0. The van der Waals surface area contributed by atoms with Crippen molar-refractivity contribution in [1.82, 2.24) is 19.9 Å². The van der Waals surface area contributed by atoms with Crippen molar-refractivity contribution in [2.75, 3.05) is 35.4 Å². The summed E-state index contributed by atoms with van der Waals surface area (Å²) in [5.41, 5.74) is 6.61. The Morgan fingerprint density at radius 1 is 0.395 bits per heavy atom. The van der Waals surface area contributed by atoms with Crippen molar-refractivity contribution in [3.63, 3.8) is 0 Å². The number of nitroso groups, excluding NO2 is 1. The van der Waals surface area contributed by atoms with Crippen molar-refractivity contribution in [2.24, 2.45) is 0 Å². The highest BCUT2D eigenvalue weighted by molar-refractivity contribution is 7.22. The summed E-state index contributed by atoms with van der Waals surface area (Å²) < 4.78 is 65.8. The number of halogens is 6. The first-order valence-electron chi connectivity index (χ1n) is 34.4. The van der Waals surface area contributed by atoms with Crippen molar-refractivity contribution in [3.8, 4) is 50.3 Å². The Morgan fingerprint density at radius 2 is 0.756 bits per heavy atom. The zero-order valence-corrected chi connectivity index (χ0v) is 69.9. The molecule has 0 spiro atoms. The largest absolute Gasteiger partial charge is 0.497 e. The predicted molar refractivity (Wildman–Crippen MR) is 462 cm³/mol. The number of anilines is 4. The quantitative estimate of drug-likeness (QED) is 0.0292. The lowest BCUT2D eigenvalue weighted by Gasteiger charge is -2.07. The fourth-order valence-electron chi connectivity index (χ4n) is 11.8. The van der Waals surface area contributed by atoms with E-state index in [1.807, 2.05) is 44.2 Å². The molecule has 0 fully saturated rings. The Balaban J connectivity index is 0.000000137. The Kier molecular flexibility index (Phi) is 25.4. The van der Waals surface area contributed by atoms with E-state index in [0.29, 0.717) is 74.8 Å². The first-order chi connectivity index (χ1) is 56.8. The summed E-state index contributed by atoms with van der Waals surface area (Å²) in [6.07, 6.45) is 0. The van der Waals surface area contributed by atoms with E-state index in [1.54, 1.807) is 109 Å². The number of hydrogen-bond acceptors (Lipinski definition) is 22. The van der Waals surface area contributed by atoms with Crippen molar-refractivity contribution in [1.29, 1.82) is 0 Å². The number of aromatic nitrogens is 4. The molecule has 4 amide bonds. The third-order valence-electron chi connectivity index (χ3n) is 17.6. The molecule has 0 saturated carbocycles. The average molecular weight is 1790 g/mol. The monoisotopic (exact) mass is 1790 g/mol. The number of fused-ring (bicyclic) bond motifs is 4. The number of nitrogens with zero attached hydrogens (tertiary/aromatic N) is 5. The molecule has 0 saturated heterocycles. The highest BCUT2D eigenvalue weighted by atomic mass is 35.5. The molecule has 119 heavy (non-hydrogen) atoms. The van der Waals surface area contributed by atoms with Crippen LogP contribution in [0, 0.1) is 55.9 Å². The van der Waals surface area contributed by atoms with Crippen LogP contribution < -0.4 is 26.0 Å². The topological polar surface area (TPSA) is 346 Å². The maximum atomic E-state index is 14.5. The summed E-state index contributed by atoms with van der Waals surface area (Å²) in [6, 6.07) is 40.6. The molecule has 8 aromatic heterocycles. The number of nitrogens with one attached hydrogen (secondary N) is 4. The number of methoxy groups -OCH3 is 1. The Bertz CT molecular complexity index is 6810. The summed E-state index contributed by atoms with van der Waals surface area (Å²) in [4.78, 5) is 127. The Labute approximate surface area is 711 Å². The Morgan fingerprint density at radius 3 is 1.16 bits per heavy atom. The van der Waals surface area contributed by atoms with Crippen LogP contribution >= 0.6 is 114 Å². The number of rotatable bonds is 18. The summed E-state index contributed by atoms with van der Waals surface area (Å²) in [5, 5.41) is 57.7. The molecule has 600 valence electrons. The summed E-state index contributed by atoms with van der Waals surface area (Å²) in [6.45, 7) is 6.69. The van der Waals surface area contributed by atoms with Crippen molar-refractivity contribution >= 4 is 228 Å². The van der Waals surface area contributed by atoms with Crippen molar-refractivity contribution < 1.29 is 85.8 Å². The standard InChI is InChI=1S/C21H13F2N3O4S2.C21H14F2N2O3S2.C20H13ClN2O4S2.C20H13ClN2O3S2/c1-9-6-7-10(16(23)15(9)22)11-8-31-19(14(11)21(28)29)25-18(27)20-24-12-4-3-5-13(26(2)30)17(12)32-20;1-9-6-7-11(16(23)15(9)22)12-8-29-19(14(12)21(27)28)25-18(26)20-24-13-5-3-4-10(2)17(13)30-20;1-27-12-6-7-14-15(8-12)29-19(22-14)17(24)23-18-16(20(25)26)13(9-28-18)10-2-4-11(21)5-3-10;1-10-2-7-14-15(8-10)28-19(22-14)17(24)23-18-16(20(25)26)13(9-27-18)11-3-5-12(21)6-4-11/h3-8H,1-2H3,(H-,25,27,28,29);3-8H,1-2H3,(H,25,26)(H,27,28);2-9H,1H3,(H,23,24)(H,25,26);2-9H,1H3,(H,23,24)(H,25,26)/p+1. The van der Waals surface area contributed by atoms with Gasteiger partial charge in [-0.05, 0) is 128 Å². The van der Waals surface area contributed by atoms with Crippen LogP contribution in [0.3, 0.4) is 0 Å². The molecule has 0 bridgehead atoms. The van der Waals surface area contributed by atoms with Gasteiger partial charge in [0.1, 0.15) is 52.7 Å². The number of benzene rings is 8. The highest BCUT2D eigenvalue weighted by Gasteiger charge is 2.31. The number of carbonyl (C=O) groups is 8. The number of carboxylic acids is 4. The Hall–Kier alpha value is -12.4. The molecule has 16 aromatic rings. The maximum Gasteiger partial charge on any atom is 0.339 e. The van der Waals surface area contributed by atoms with Gasteiger partial charge in [0.2, 0.25) is 0 Å². The molecule has 0 atom stereocenters. The molecule has 0 unspecified atom stereocenters. The van der Waals surface area contributed by atoms with E-state index < -0.39 is 70.8 Å². The van der Waals surface area contributed by atoms with Gasteiger partial charge in [-0.3, -0.25) is 19.2 Å². The summed E-state index contributed by atoms with van der Waals surface area (Å²) in [7, 11) is 2.89. The number of thiazole rings is 4.